The molecular formula is C12H21NO4S. The molecule has 1 saturated carbocycles. The van der Waals surface area contributed by atoms with Crippen molar-refractivity contribution in [2.75, 3.05) is 18.1 Å². The standard InChI is InChI=1S/C12H21NO4S/c1-2-3-6-17-12(16)13-10(11(14)15)8-18-7-9-4-5-9/h9-10H,2-8H2,1H3,(H,13,16)(H,14,15). The zero-order chi connectivity index (χ0) is 13.4. The first-order valence-electron chi connectivity index (χ1n) is 6.37. The van der Waals surface area contributed by atoms with Gasteiger partial charge in [-0.3, -0.25) is 0 Å². The number of ether oxygens (including phenoxy) is 1. The minimum absolute atomic E-state index is 0.337. The molecule has 0 spiro atoms. The molecule has 2 N–H and O–H groups in total. The lowest BCUT2D eigenvalue weighted by atomic mass is 10.3. The van der Waals surface area contributed by atoms with Crippen LogP contribution in [0.5, 0.6) is 0 Å². The van der Waals surface area contributed by atoms with Crippen molar-refractivity contribution in [3.05, 3.63) is 0 Å². The monoisotopic (exact) mass is 275 g/mol. The third kappa shape index (κ3) is 6.74. The number of aliphatic carboxylic acids is 1. The lowest BCUT2D eigenvalue weighted by molar-refractivity contribution is -0.138. The molecule has 0 radical (unpaired) electrons. The minimum Gasteiger partial charge on any atom is -0.480 e. The molecule has 0 aromatic rings. The Bertz CT molecular complexity index is 281. The summed E-state index contributed by atoms with van der Waals surface area (Å²) in [5.74, 6) is 1.12. The van der Waals surface area contributed by atoms with Gasteiger partial charge in [-0.15, -0.1) is 0 Å². The van der Waals surface area contributed by atoms with Crippen molar-refractivity contribution in [2.24, 2.45) is 5.92 Å². The number of thioether (sulfide) groups is 1. The summed E-state index contributed by atoms with van der Waals surface area (Å²) in [6.45, 7) is 2.33. The molecule has 1 fully saturated rings. The van der Waals surface area contributed by atoms with Gasteiger partial charge in [0.15, 0.2) is 0 Å². The Balaban J connectivity index is 2.18. The lowest BCUT2D eigenvalue weighted by Crippen LogP contribution is -2.43. The molecule has 0 saturated heterocycles. The smallest absolute Gasteiger partial charge is 0.407 e. The van der Waals surface area contributed by atoms with Crippen molar-refractivity contribution in [3.63, 3.8) is 0 Å². The van der Waals surface area contributed by atoms with Crippen molar-refractivity contribution in [1.82, 2.24) is 5.32 Å². The minimum atomic E-state index is -1.01. The van der Waals surface area contributed by atoms with Crippen LogP contribution in [0.4, 0.5) is 4.79 Å². The molecule has 1 aliphatic rings. The number of amides is 1. The Labute approximate surface area is 112 Å². The van der Waals surface area contributed by atoms with E-state index in [0.717, 1.165) is 24.5 Å². The maximum atomic E-state index is 11.3. The zero-order valence-electron chi connectivity index (χ0n) is 10.7. The summed E-state index contributed by atoms with van der Waals surface area (Å²) in [5.41, 5.74) is 0. The van der Waals surface area contributed by atoms with Crippen LogP contribution in [-0.4, -0.2) is 41.3 Å². The van der Waals surface area contributed by atoms with Gasteiger partial charge in [0, 0.05) is 5.75 Å². The molecule has 1 unspecified atom stereocenters. The van der Waals surface area contributed by atoms with Gasteiger partial charge in [0.05, 0.1) is 6.61 Å². The number of hydrogen-bond donors (Lipinski definition) is 2. The van der Waals surface area contributed by atoms with Crippen LogP contribution in [0.3, 0.4) is 0 Å². The van der Waals surface area contributed by atoms with Gasteiger partial charge in [0.1, 0.15) is 6.04 Å². The van der Waals surface area contributed by atoms with Crippen LogP contribution >= 0.6 is 11.8 Å². The molecule has 1 atom stereocenters. The van der Waals surface area contributed by atoms with E-state index in [-0.39, 0.29) is 0 Å². The first-order valence-corrected chi connectivity index (χ1v) is 7.52. The highest BCUT2D eigenvalue weighted by atomic mass is 32.2. The molecular weight excluding hydrogens is 254 g/mol. The van der Waals surface area contributed by atoms with Crippen LogP contribution in [0.2, 0.25) is 0 Å². The third-order valence-electron chi connectivity index (χ3n) is 2.66. The van der Waals surface area contributed by atoms with E-state index in [1.807, 2.05) is 6.92 Å². The summed E-state index contributed by atoms with van der Waals surface area (Å²) in [4.78, 5) is 22.3. The molecule has 0 aromatic heterocycles. The molecule has 0 aromatic carbocycles. The van der Waals surface area contributed by atoms with E-state index in [0.29, 0.717) is 12.4 Å². The van der Waals surface area contributed by atoms with Gasteiger partial charge in [0.2, 0.25) is 0 Å². The van der Waals surface area contributed by atoms with Gasteiger partial charge in [-0.1, -0.05) is 13.3 Å². The molecule has 1 amide bonds. The van der Waals surface area contributed by atoms with E-state index in [2.05, 4.69) is 5.32 Å². The van der Waals surface area contributed by atoms with E-state index in [4.69, 9.17) is 9.84 Å². The molecule has 1 rings (SSSR count). The summed E-state index contributed by atoms with van der Waals surface area (Å²) in [7, 11) is 0. The molecule has 1 aliphatic carbocycles. The zero-order valence-corrected chi connectivity index (χ0v) is 11.5. The summed E-state index contributed by atoms with van der Waals surface area (Å²) >= 11 is 1.58. The maximum Gasteiger partial charge on any atom is 0.407 e. The lowest BCUT2D eigenvalue weighted by Gasteiger charge is -2.14. The van der Waals surface area contributed by atoms with Crippen molar-refractivity contribution < 1.29 is 19.4 Å². The number of alkyl carbamates (subject to hydrolysis) is 1. The summed E-state index contributed by atoms with van der Waals surface area (Å²) in [6.07, 6.45) is 3.59. The predicted octanol–water partition coefficient (Wildman–Crippen LogP) is 2.11. The number of carboxylic acid groups (broad SMARTS) is 1. The second-order valence-corrected chi connectivity index (χ2v) is 5.58. The van der Waals surface area contributed by atoms with Crippen LogP contribution in [-0.2, 0) is 9.53 Å². The van der Waals surface area contributed by atoms with Gasteiger partial charge in [-0.25, -0.2) is 9.59 Å². The maximum absolute atomic E-state index is 11.3. The third-order valence-corrected chi connectivity index (χ3v) is 3.93. The number of unbranched alkanes of at least 4 members (excludes halogenated alkanes) is 1. The molecule has 0 aliphatic heterocycles. The van der Waals surface area contributed by atoms with Crippen LogP contribution in [0.25, 0.3) is 0 Å². The topological polar surface area (TPSA) is 75.6 Å². The summed E-state index contributed by atoms with van der Waals surface area (Å²) in [5, 5.41) is 11.4. The fraction of sp³-hybridized carbons (Fsp3) is 0.833. The largest absolute Gasteiger partial charge is 0.480 e. The van der Waals surface area contributed by atoms with Gasteiger partial charge in [0.25, 0.3) is 0 Å². The van der Waals surface area contributed by atoms with Crippen LogP contribution in [0, 0.1) is 5.92 Å². The Hall–Kier alpha value is -0.910. The quantitative estimate of drug-likeness (QED) is 0.630. The number of rotatable bonds is 9. The molecule has 5 nitrogen and oxygen atoms in total. The van der Waals surface area contributed by atoms with Crippen LogP contribution in [0.1, 0.15) is 32.6 Å². The van der Waals surface area contributed by atoms with Gasteiger partial charge < -0.3 is 15.2 Å². The molecule has 6 heteroatoms. The number of carbonyl (C=O) groups is 2. The fourth-order valence-corrected chi connectivity index (χ4v) is 2.57. The first-order chi connectivity index (χ1) is 8.63. The molecule has 0 heterocycles. The highest BCUT2D eigenvalue weighted by Crippen LogP contribution is 2.32. The Morgan fingerprint density at radius 2 is 2.22 bits per heavy atom. The molecule has 18 heavy (non-hydrogen) atoms. The number of nitrogens with one attached hydrogen (secondary N) is 1. The van der Waals surface area contributed by atoms with Crippen LogP contribution in [0.15, 0.2) is 0 Å². The van der Waals surface area contributed by atoms with E-state index >= 15 is 0 Å². The Kier molecular flexibility index (Phi) is 6.93. The number of carboxylic acids is 1. The van der Waals surface area contributed by atoms with E-state index < -0.39 is 18.1 Å². The fourth-order valence-electron chi connectivity index (χ4n) is 1.30. The normalized spacial score (nSPS) is 16.1. The Morgan fingerprint density at radius 3 is 2.78 bits per heavy atom. The molecule has 104 valence electrons. The second kappa shape index (κ2) is 8.24. The van der Waals surface area contributed by atoms with Gasteiger partial charge >= 0.3 is 12.1 Å². The summed E-state index contributed by atoms with van der Waals surface area (Å²) < 4.78 is 4.88. The summed E-state index contributed by atoms with van der Waals surface area (Å²) in [6, 6.07) is -0.858. The van der Waals surface area contributed by atoms with E-state index in [9.17, 15) is 9.59 Å². The first kappa shape index (κ1) is 15.1. The van der Waals surface area contributed by atoms with Crippen LogP contribution < -0.4 is 5.32 Å². The van der Waals surface area contributed by atoms with Gasteiger partial charge in [-0.05, 0) is 30.9 Å². The van der Waals surface area contributed by atoms with Crippen molar-refractivity contribution >= 4 is 23.8 Å². The SMILES string of the molecule is CCCCOC(=O)NC(CSCC1CC1)C(=O)O. The average Bonchev–Trinajstić information content (AvgIpc) is 3.12. The highest BCUT2D eigenvalue weighted by Gasteiger charge is 2.24. The Morgan fingerprint density at radius 1 is 1.50 bits per heavy atom. The van der Waals surface area contributed by atoms with Crippen molar-refractivity contribution in [2.45, 2.75) is 38.6 Å². The second-order valence-electron chi connectivity index (χ2n) is 4.51. The van der Waals surface area contributed by atoms with E-state index in [1.54, 1.807) is 11.8 Å². The molecule has 0 bridgehead atoms. The van der Waals surface area contributed by atoms with Crippen molar-refractivity contribution in [1.29, 1.82) is 0 Å². The van der Waals surface area contributed by atoms with Gasteiger partial charge in [-0.2, -0.15) is 11.8 Å². The predicted molar refractivity (Wildman–Crippen MR) is 70.9 cm³/mol. The average molecular weight is 275 g/mol. The number of hydrogen-bond acceptors (Lipinski definition) is 4. The number of carbonyl (C=O) groups excluding carboxylic acids is 1. The van der Waals surface area contributed by atoms with E-state index in [1.165, 1.54) is 12.8 Å². The highest BCUT2D eigenvalue weighted by molar-refractivity contribution is 7.99. The van der Waals surface area contributed by atoms with Crippen molar-refractivity contribution in [3.8, 4) is 0 Å².